The van der Waals surface area contributed by atoms with Crippen LogP contribution >= 0.6 is 0 Å². The number of nitrogens with one attached hydrogen (secondary N) is 1. The Labute approximate surface area is 85.3 Å². The molecule has 1 aliphatic carbocycles. The fraction of sp³-hybridized carbons (Fsp3) is 0.667. The summed E-state index contributed by atoms with van der Waals surface area (Å²) in [5, 5.41) is 6.72. The first-order valence-electron chi connectivity index (χ1n) is 4.70. The molecule has 1 saturated carbocycles. The van der Waals surface area contributed by atoms with Gasteiger partial charge in [0.05, 0.1) is 5.69 Å². The van der Waals surface area contributed by atoms with Gasteiger partial charge in [-0.2, -0.15) is 18.3 Å². The minimum Gasteiger partial charge on any atom is -0.373 e. The first-order chi connectivity index (χ1) is 6.90. The number of nitrogens with zero attached hydrogens (tertiary/aromatic N) is 2. The summed E-state index contributed by atoms with van der Waals surface area (Å²) in [6.07, 6.45) is -3.89. The zero-order chi connectivity index (χ0) is 11.3. The van der Waals surface area contributed by atoms with E-state index >= 15 is 0 Å². The molecule has 84 valence electrons. The molecule has 1 N–H and O–H groups in total. The molecule has 0 radical (unpaired) electrons. The molecule has 15 heavy (non-hydrogen) atoms. The van der Waals surface area contributed by atoms with Crippen molar-refractivity contribution >= 4 is 5.82 Å². The third-order valence-corrected chi connectivity index (χ3v) is 2.92. The Morgan fingerprint density at radius 3 is 2.40 bits per heavy atom. The van der Waals surface area contributed by atoms with E-state index in [9.17, 15) is 13.2 Å². The van der Waals surface area contributed by atoms with Crippen molar-refractivity contribution in [2.24, 2.45) is 7.05 Å². The van der Waals surface area contributed by atoms with Crippen molar-refractivity contribution < 1.29 is 13.2 Å². The summed E-state index contributed by atoms with van der Waals surface area (Å²) in [7, 11) is 3.29. The molecule has 0 aliphatic heterocycles. The van der Waals surface area contributed by atoms with Crippen molar-refractivity contribution in [1.29, 1.82) is 0 Å². The van der Waals surface area contributed by atoms with Crippen molar-refractivity contribution in [2.75, 3.05) is 12.4 Å². The number of anilines is 1. The molecular weight excluding hydrogens is 207 g/mol. The van der Waals surface area contributed by atoms with Crippen molar-refractivity contribution in [1.82, 2.24) is 9.78 Å². The quantitative estimate of drug-likeness (QED) is 0.825. The largest absolute Gasteiger partial charge is 0.400 e. The number of rotatable bonds is 2. The van der Waals surface area contributed by atoms with Gasteiger partial charge in [0.15, 0.2) is 0 Å². The molecule has 0 saturated heterocycles. The smallest absolute Gasteiger partial charge is 0.373 e. The Balaban J connectivity index is 2.38. The fourth-order valence-corrected chi connectivity index (χ4v) is 1.74. The lowest BCUT2D eigenvalue weighted by Gasteiger charge is -2.16. The number of aromatic nitrogens is 2. The molecular formula is C9H12F3N3. The minimum absolute atomic E-state index is 0.127. The Hall–Kier alpha value is -1.20. The molecule has 6 heteroatoms. The first kappa shape index (κ1) is 10.3. The molecule has 0 amide bonds. The summed E-state index contributed by atoms with van der Waals surface area (Å²) in [6.45, 7) is 0. The lowest BCUT2D eigenvalue weighted by atomic mass is 10.0. The average molecular weight is 219 g/mol. The van der Waals surface area contributed by atoms with Crippen molar-refractivity contribution in [3.63, 3.8) is 0 Å². The van der Waals surface area contributed by atoms with Crippen LogP contribution in [0.25, 0.3) is 0 Å². The summed E-state index contributed by atoms with van der Waals surface area (Å²) in [6, 6.07) is 1.47. The van der Waals surface area contributed by atoms with E-state index in [1.165, 1.54) is 10.7 Å². The molecule has 0 atom stereocenters. The zero-order valence-corrected chi connectivity index (χ0v) is 8.52. The van der Waals surface area contributed by atoms with Gasteiger partial charge in [-0.15, -0.1) is 0 Å². The predicted octanol–water partition coefficient (Wildman–Crippen LogP) is 2.06. The molecule has 0 aromatic carbocycles. The number of aryl methyl sites for hydroxylation is 1. The van der Waals surface area contributed by atoms with Crippen molar-refractivity contribution in [3.05, 3.63) is 11.8 Å². The number of halogens is 3. The molecule has 1 aromatic rings. The second-order valence-electron chi connectivity index (χ2n) is 3.87. The zero-order valence-electron chi connectivity index (χ0n) is 8.52. The summed E-state index contributed by atoms with van der Waals surface area (Å²) in [4.78, 5) is 0. The van der Waals surface area contributed by atoms with Crippen LogP contribution in [-0.2, 0) is 12.5 Å². The van der Waals surface area contributed by atoms with Crippen LogP contribution in [-0.4, -0.2) is 23.0 Å². The van der Waals surface area contributed by atoms with E-state index in [1.807, 2.05) is 0 Å². The topological polar surface area (TPSA) is 29.9 Å². The van der Waals surface area contributed by atoms with Gasteiger partial charge in [-0.3, -0.25) is 4.68 Å². The van der Waals surface area contributed by atoms with Gasteiger partial charge in [-0.25, -0.2) is 0 Å². The van der Waals surface area contributed by atoms with Crippen LogP contribution in [0.4, 0.5) is 19.0 Å². The second kappa shape index (κ2) is 2.90. The SMILES string of the molecule is CNc1cc(C2(C(F)(F)F)CC2)nn1C. The molecule has 1 fully saturated rings. The van der Waals surface area contributed by atoms with Crippen molar-refractivity contribution in [2.45, 2.75) is 24.4 Å². The van der Waals surface area contributed by atoms with Gasteiger partial charge in [0.25, 0.3) is 0 Å². The van der Waals surface area contributed by atoms with Gasteiger partial charge in [0.2, 0.25) is 0 Å². The highest BCUT2D eigenvalue weighted by molar-refractivity contribution is 5.41. The molecule has 3 nitrogen and oxygen atoms in total. The first-order valence-corrected chi connectivity index (χ1v) is 4.70. The number of alkyl halides is 3. The van der Waals surface area contributed by atoms with Gasteiger partial charge >= 0.3 is 6.18 Å². The Morgan fingerprint density at radius 1 is 1.47 bits per heavy atom. The van der Waals surface area contributed by atoms with Gasteiger partial charge in [0.1, 0.15) is 11.2 Å². The van der Waals surface area contributed by atoms with E-state index in [2.05, 4.69) is 10.4 Å². The van der Waals surface area contributed by atoms with Crippen LogP contribution in [0.2, 0.25) is 0 Å². The van der Waals surface area contributed by atoms with E-state index in [0.717, 1.165) is 0 Å². The fourth-order valence-electron chi connectivity index (χ4n) is 1.74. The summed E-state index contributed by atoms with van der Waals surface area (Å²) in [5.41, 5.74) is -1.55. The highest BCUT2D eigenvalue weighted by Crippen LogP contribution is 2.58. The summed E-state index contributed by atoms with van der Waals surface area (Å²) < 4.78 is 39.7. The molecule has 0 spiro atoms. The maximum Gasteiger partial charge on any atom is 0.400 e. The van der Waals surface area contributed by atoms with Crippen LogP contribution in [0.5, 0.6) is 0 Å². The van der Waals surface area contributed by atoms with E-state index in [4.69, 9.17) is 0 Å². The monoisotopic (exact) mass is 219 g/mol. The van der Waals surface area contributed by atoms with Gasteiger partial charge in [-0.1, -0.05) is 0 Å². The highest BCUT2D eigenvalue weighted by Gasteiger charge is 2.65. The molecule has 0 unspecified atom stereocenters. The van der Waals surface area contributed by atoms with Crippen LogP contribution in [0.3, 0.4) is 0 Å². The average Bonchev–Trinajstić information content (AvgIpc) is 2.85. The van der Waals surface area contributed by atoms with Gasteiger partial charge < -0.3 is 5.32 Å². The molecule has 2 rings (SSSR count). The summed E-state index contributed by atoms with van der Waals surface area (Å²) in [5.74, 6) is 0.598. The Kier molecular flexibility index (Phi) is 1.99. The lowest BCUT2D eigenvalue weighted by molar-refractivity contribution is -0.161. The van der Waals surface area contributed by atoms with Crippen LogP contribution in [0, 0.1) is 0 Å². The number of hydrogen-bond acceptors (Lipinski definition) is 2. The van der Waals surface area contributed by atoms with Crippen LogP contribution < -0.4 is 5.32 Å². The summed E-state index contributed by atoms with van der Waals surface area (Å²) >= 11 is 0. The highest BCUT2D eigenvalue weighted by atomic mass is 19.4. The lowest BCUT2D eigenvalue weighted by Crippen LogP contribution is -2.29. The number of hydrogen-bond donors (Lipinski definition) is 1. The maximum atomic E-state index is 12.8. The Bertz CT molecular complexity index is 376. The minimum atomic E-state index is -4.19. The third kappa shape index (κ3) is 1.39. The normalized spacial score (nSPS) is 19.0. The Morgan fingerprint density at radius 2 is 2.07 bits per heavy atom. The van der Waals surface area contributed by atoms with Crippen molar-refractivity contribution in [3.8, 4) is 0 Å². The van der Waals surface area contributed by atoms with E-state index in [-0.39, 0.29) is 18.5 Å². The molecule has 0 bridgehead atoms. The molecule has 1 heterocycles. The van der Waals surface area contributed by atoms with Gasteiger partial charge in [0, 0.05) is 20.2 Å². The van der Waals surface area contributed by atoms with E-state index in [1.54, 1.807) is 14.1 Å². The van der Waals surface area contributed by atoms with E-state index < -0.39 is 11.6 Å². The maximum absolute atomic E-state index is 12.8. The standard InChI is InChI=1S/C9H12F3N3/c1-13-7-5-6(14-15(7)2)8(3-4-8)9(10,11)12/h5,13H,3-4H2,1-2H3. The van der Waals surface area contributed by atoms with Gasteiger partial charge in [-0.05, 0) is 12.8 Å². The third-order valence-electron chi connectivity index (χ3n) is 2.92. The van der Waals surface area contributed by atoms with Crippen LogP contribution in [0.1, 0.15) is 18.5 Å². The van der Waals surface area contributed by atoms with Crippen LogP contribution in [0.15, 0.2) is 6.07 Å². The predicted molar refractivity (Wildman–Crippen MR) is 49.7 cm³/mol. The van der Waals surface area contributed by atoms with E-state index in [0.29, 0.717) is 5.82 Å². The molecule has 1 aliphatic rings. The molecule has 1 aromatic heterocycles. The second-order valence-corrected chi connectivity index (χ2v) is 3.87.